The van der Waals surface area contributed by atoms with Crippen LogP contribution in [0.25, 0.3) is 0 Å². The second-order valence-corrected chi connectivity index (χ2v) is 8.49. The van der Waals surface area contributed by atoms with E-state index in [1.165, 1.54) is 0 Å². The van der Waals surface area contributed by atoms with Crippen LogP contribution in [0.15, 0.2) is 12.1 Å². The van der Waals surface area contributed by atoms with Gasteiger partial charge < -0.3 is 15.2 Å². The van der Waals surface area contributed by atoms with Crippen molar-refractivity contribution >= 4 is 23.5 Å². The SMILES string of the molecule is Cc1cc(OC[C@@H](O)CN2C(=O)N[C@@](C)(C3CC3)C2=O)c(C(C)C)cc1Cl. The van der Waals surface area contributed by atoms with Gasteiger partial charge in [0.1, 0.15) is 24.0 Å². The van der Waals surface area contributed by atoms with Gasteiger partial charge in [0.2, 0.25) is 0 Å². The summed E-state index contributed by atoms with van der Waals surface area (Å²) in [5.74, 6) is 0.795. The maximum Gasteiger partial charge on any atom is 0.325 e. The molecule has 0 aromatic heterocycles. The lowest BCUT2D eigenvalue weighted by atomic mass is 9.96. The van der Waals surface area contributed by atoms with Gasteiger partial charge in [0, 0.05) is 5.02 Å². The smallest absolute Gasteiger partial charge is 0.325 e. The fourth-order valence-electron chi connectivity index (χ4n) is 3.51. The Kier molecular flexibility index (Phi) is 5.41. The van der Waals surface area contributed by atoms with E-state index in [-0.39, 0.29) is 30.9 Å². The van der Waals surface area contributed by atoms with Crippen molar-refractivity contribution < 1.29 is 19.4 Å². The zero-order valence-electron chi connectivity index (χ0n) is 16.2. The number of hydrogen-bond acceptors (Lipinski definition) is 4. The van der Waals surface area contributed by atoms with Crippen LogP contribution in [0.1, 0.15) is 50.7 Å². The lowest BCUT2D eigenvalue weighted by Crippen LogP contribution is -2.46. The normalized spacial score (nSPS) is 23.7. The Hall–Kier alpha value is -1.79. The lowest BCUT2D eigenvalue weighted by molar-refractivity contribution is -0.132. The van der Waals surface area contributed by atoms with Gasteiger partial charge in [-0.3, -0.25) is 9.69 Å². The Morgan fingerprint density at radius 1 is 1.37 bits per heavy atom. The number of imide groups is 1. The van der Waals surface area contributed by atoms with Crippen LogP contribution in [0.4, 0.5) is 4.79 Å². The second kappa shape index (κ2) is 7.32. The zero-order chi connectivity index (χ0) is 19.9. The molecule has 6 nitrogen and oxygen atoms in total. The highest BCUT2D eigenvalue weighted by Crippen LogP contribution is 2.42. The van der Waals surface area contributed by atoms with E-state index in [4.69, 9.17) is 16.3 Å². The molecule has 0 radical (unpaired) electrons. The number of nitrogens with one attached hydrogen (secondary N) is 1. The predicted molar refractivity (Wildman–Crippen MR) is 103 cm³/mol. The number of ether oxygens (including phenoxy) is 1. The number of aryl methyl sites for hydroxylation is 1. The maximum absolute atomic E-state index is 12.6. The van der Waals surface area contributed by atoms with E-state index in [2.05, 4.69) is 5.32 Å². The number of hydrogen-bond donors (Lipinski definition) is 2. The molecular formula is C20H27ClN2O4. The third-order valence-electron chi connectivity index (χ3n) is 5.43. The van der Waals surface area contributed by atoms with Crippen LogP contribution in [0, 0.1) is 12.8 Å². The van der Waals surface area contributed by atoms with Crippen molar-refractivity contribution in [3.05, 3.63) is 28.3 Å². The summed E-state index contributed by atoms with van der Waals surface area (Å²) in [5.41, 5.74) is 1.00. The van der Waals surface area contributed by atoms with Crippen molar-refractivity contribution in [3.63, 3.8) is 0 Å². The van der Waals surface area contributed by atoms with Crippen molar-refractivity contribution in [1.29, 1.82) is 0 Å². The van der Waals surface area contributed by atoms with E-state index >= 15 is 0 Å². The number of aliphatic hydroxyl groups is 1. The Balaban J connectivity index is 1.64. The molecule has 2 fully saturated rings. The first-order valence-corrected chi connectivity index (χ1v) is 9.76. The molecule has 2 aliphatic rings. The molecular weight excluding hydrogens is 368 g/mol. The maximum atomic E-state index is 12.6. The minimum atomic E-state index is -0.975. The molecule has 3 amide bonds. The monoisotopic (exact) mass is 394 g/mol. The number of amides is 3. The molecule has 1 saturated heterocycles. The van der Waals surface area contributed by atoms with Crippen molar-refractivity contribution in [2.24, 2.45) is 5.92 Å². The number of benzene rings is 1. The van der Waals surface area contributed by atoms with Gasteiger partial charge in [0.25, 0.3) is 5.91 Å². The summed E-state index contributed by atoms with van der Waals surface area (Å²) in [6.07, 6.45) is 0.906. The molecule has 3 rings (SSSR count). The third-order valence-corrected chi connectivity index (χ3v) is 5.84. The van der Waals surface area contributed by atoms with Gasteiger partial charge in [-0.25, -0.2) is 4.79 Å². The van der Waals surface area contributed by atoms with E-state index in [1.54, 1.807) is 6.92 Å². The van der Waals surface area contributed by atoms with Gasteiger partial charge in [-0.2, -0.15) is 0 Å². The minimum absolute atomic E-state index is 0.0159. The number of β-amino-alcohol motifs (C(OH)–C–C–N with tert-alkyl or cyclic N) is 1. The fourth-order valence-corrected chi connectivity index (χ4v) is 3.69. The molecule has 7 heteroatoms. The average Bonchev–Trinajstić information content (AvgIpc) is 3.41. The number of urea groups is 1. The first-order valence-electron chi connectivity index (χ1n) is 9.38. The molecule has 1 aromatic rings. The van der Waals surface area contributed by atoms with E-state index in [9.17, 15) is 14.7 Å². The minimum Gasteiger partial charge on any atom is -0.491 e. The van der Waals surface area contributed by atoms with Crippen LogP contribution < -0.4 is 10.1 Å². The Morgan fingerprint density at radius 3 is 2.63 bits per heavy atom. The zero-order valence-corrected chi connectivity index (χ0v) is 17.0. The molecule has 0 bridgehead atoms. The van der Waals surface area contributed by atoms with Crippen LogP contribution in [0.2, 0.25) is 5.02 Å². The Labute approximate surface area is 164 Å². The molecule has 27 heavy (non-hydrogen) atoms. The van der Waals surface area contributed by atoms with E-state index in [1.807, 2.05) is 32.9 Å². The Morgan fingerprint density at radius 2 is 2.04 bits per heavy atom. The first kappa shape index (κ1) is 20.0. The standard InChI is InChI=1S/C20H27ClN2O4/c1-11(2)15-8-16(21)12(3)7-17(15)27-10-14(24)9-23-18(25)20(4,13-5-6-13)22-19(23)26/h7-8,11,13-14,24H,5-6,9-10H2,1-4H3,(H,22,26)/t14-,20-/m0/s1. The van der Waals surface area contributed by atoms with Gasteiger partial charge in [0.15, 0.2) is 0 Å². The summed E-state index contributed by atoms with van der Waals surface area (Å²) in [6.45, 7) is 7.63. The number of aliphatic hydroxyl groups excluding tert-OH is 1. The van der Waals surface area contributed by atoms with Crippen LogP contribution in [0.5, 0.6) is 5.75 Å². The quantitative estimate of drug-likeness (QED) is 0.696. The molecule has 0 unspecified atom stereocenters. The van der Waals surface area contributed by atoms with Gasteiger partial charge in [-0.15, -0.1) is 0 Å². The first-order chi connectivity index (χ1) is 12.6. The lowest BCUT2D eigenvalue weighted by Gasteiger charge is -2.23. The van der Waals surface area contributed by atoms with Crippen molar-refractivity contribution in [3.8, 4) is 5.75 Å². The van der Waals surface area contributed by atoms with Crippen molar-refractivity contribution in [1.82, 2.24) is 10.2 Å². The summed E-state index contributed by atoms with van der Waals surface area (Å²) in [4.78, 5) is 25.9. The summed E-state index contributed by atoms with van der Waals surface area (Å²) >= 11 is 6.20. The second-order valence-electron chi connectivity index (χ2n) is 8.08. The number of carbonyl (C=O) groups is 2. The van der Waals surface area contributed by atoms with Gasteiger partial charge >= 0.3 is 6.03 Å². The molecule has 1 heterocycles. The highest BCUT2D eigenvalue weighted by molar-refractivity contribution is 6.31. The number of rotatable bonds is 7. The topological polar surface area (TPSA) is 78.9 Å². The number of nitrogens with zero attached hydrogens (tertiary/aromatic N) is 1. The molecule has 2 N–H and O–H groups in total. The summed E-state index contributed by atoms with van der Waals surface area (Å²) in [5, 5.41) is 13.8. The fraction of sp³-hybridized carbons (Fsp3) is 0.600. The molecule has 148 valence electrons. The predicted octanol–water partition coefficient (Wildman–Crippen LogP) is 3.23. The highest BCUT2D eigenvalue weighted by atomic mass is 35.5. The van der Waals surface area contributed by atoms with Crippen LogP contribution >= 0.6 is 11.6 Å². The Bertz CT molecular complexity index is 763. The van der Waals surface area contributed by atoms with E-state index < -0.39 is 17.7 Å². The van der Waals surface area contributed by atoms with Gasteiger partial charge in [-0.1, -0.05) is 25.4 Å². The molecule has 1 aliphatic heterocycles. The number of halogens is 1. The highest BCUT2D eigenvalue weighted by Gasteiger charge is 2.56. The van der Waals surface area contributed by atoms with Crippen LogP contribution in [-0.2, 0) is 4.79 Å². The summed E-state index contributed by atoms with van der Waals surface area (Å²) in [7, 11) is 0. The largest absolute Gasteiger partial charge is 0.491 e. The number of carbonyl (C=O) groups excluding carboxylic acids is 2. The molecule has 1 aromatic carbocycles. The third kappa shape index (κ3) is 3.92. The van der Waals surface area contributed by atoms with E-state index in [0.29, 0.717) is 10.8 Å². The van der Waals surface area contributed by atoms with Crippen molar-refractivity contribution in [2.75, 3.05) is 13.2 Å². The molecule has 2 atom stereocenters. The summed E-state index contributed by atoms with van der Waals surface area (Å²) in [6, 6.07) is 3.28. The summed E-state index contributed by atoms with van der Waals surface area (Å²) < 4.78 is 5.81. The molecule has 1 saturated carbocycles. The van der Waals surface area contributed by atoms with Crippen LogP contribution in [-0.4, -0.2) is 46.7 Å². The van der Waals surface area contributed by atoms with Crippen molar-refractivity contribution in [2.45, 2.75) is 58.1 Å². The van der Waals surface area contributed by atoms with E-state index in [0.717, 1.165) is 28.9 Å². The van der Waals surface area contributed by atoms with Gasteiger partial charge in [-0.05, 0) is 61.8 Å². The average molecular weight is 395 g/mol. The molecule has 0 spiro atoms. The van der Waals surface area contributed by atoms with Gasteiger partial charge in [0.05, 0.1) is 6.54 Å². The molecule has 1 aliphatic carbocycles. The van der Waals surface area contributed by atoms with Crippen LogP contribution in [0.3, 0.4) is 0 Å².